The third kappa shape index (κ3) is 3.35. The average molecular weight is 408 g/mol. The number of rotatable bonds is 3. The van der Waals surface area contributed by atoms with Crippen LogP contribution in [-0.4, -0.2) is 39.0 Å². The lowest BCUT2D eigenvalue weighted by Crippen LogP contribution is -2.35. The van der Waals surface area contributed by atoms with Crippen LogP contribution in [0.25, 0.3) is 16.6 Å². The summed E-state index contributed by atoms with van der Waals surface area (Å²) < 4.78 is 16.4. The molecule has 3 aromatic rings. The monoisotopic (exact) mass is 407 g/mol. The van der Waals surface area contributed by atoms with Gasteiger partial charge in [0.05, 0.1) is 16.6 Å². The van der Waals surface area contributed by atoms with Crippen molar-refractivity contribution in [3.05, 3.63) is 63.3 Å². The van der Waals surface area contributed by atoms with E-state index in [1.54, 1.807) is 41.2 Å². The van der Waals surface area contributed by atoms with E-state index in [2.05, 4.69) is 0 Å². The van der Waals surface area contributed by atoms with Gasteiger partial charge in [0.15, 0.2) is 0 Å². The van der Waals surface area contributed by atoms with Crippen molar-refractivity contribution in [1.29, 1.82) is 0 Å². The molecule has 27 heavy (non-hydrogen) atoms. The molecular formula is C19H16Cl2FN3O2. The van der Waals surface area contributed by atoms with E-state index in [1.165, 1.54) is 9.47 Å². The van der Waals surface area contributed by atoms with Crippen molar-refractivity contribution in [1.82, 2.24) is 13.9 Å². The van der Waals surface area contributed by atoms with Crippen LogP contribution in [0.3, 0.4) is 0 Å². The molecule has 140 valence electrons. The van der Waals surface area contributed by atoms with Gasteiger partial charge < -0.3 is 13.9 Å². The smallest absolute Gasteiger partial charge is 0.275 e. The Hall–Kier alpha value is -2.31. The van der Waals surface area contributed by atoms with E-state index in [4.69, 9.17) is 23.2 Å². The van der Waals surface area contributed by atoms with E-state index in [-0.39, 0.29) is 24.6 Å². The van der Waals surface area contributed by atoms with E-state index >= 15 is 0 Å². The fraction of sp³-hybridized carbons (Fsp3) is 0.263. The van der Waals surface area contributed by atoms with Crippen LogP contribution in [0.2, 0.25) is 10.0 Å². The largest absolute Gasteiger partial charge is 0.338 e. The summed E-state index contributed by atoms with van der Waals surface area (Å²) in [6.07, 6.45) is 4.41. The van der Waals surface area contributed by atoms with Gasteiger partial charge in [-0.2, -0.15) is 0 Å². The normalized spacial score (nSPS) is 17.0. The lowest BCUT2D eigenvalue weighted by atomic mass is 10.1. The highest BCUT2D eigenvalue weighted by Gasteiger charge is 2.26. The third-order valence-electron chi connectivity index (χ3n) is 4.81. The first-order valence-electron chi connectivity index (χ1n) is 8.51. The molecule has 0 radical (unpaired) electrons. The Bertz CT molecular complexity index is 1090. The standard InChI is InChI=1S/C19H16Cl2FN3O2/c20-15-2-1-12(9-16(15)21)14-4-6-23-7-8-25(19(27)18(14)23)11-17(26)24-5-3-13(22)10-24/h1-2,4,6-9,13H,3,5,10-11H2. The number of benzene rings is 1. The second-order valence-corrected chi connectivity index (χ2v) is 7.39. The predicted octanol–water partition coefficient (Wildman–Crippen LogP) is 3.65. The molecule has 8 heteroatoms. The van der Waals surface area contributed by atoms with Crippen LogP contribution in [0.15, 0.2) is 47.7 Å². The van der Waals surface area contributed by atoms with E-state index in [0.29, 0.717) is 34.1 Å². The Balaban J connectivity index is 1.72. The van der Waals surface area contributed by atoms with Gasteiger partial charge in [-0.3, -0.25) is 9.59 Å². The molecule has 1 saturated heterocycles. The van der Waals surface area contributed by atoms with Gasteiger partial charge >= 0.3 is 0 Å². The number of likely N-dealkylation sites (tertiary alicyclic amines) is 1. The molecule has 1 aliphatic heterocycles. The number of hydrogen-bond acceptors (Lipinski definition) is 2. The van der Waals surface area contributed by atoms with Gasteiger partial charge in [-0.15, -0.1) is 0 Å². The zero-order chi connectivity index (χ0) is 19.1. The molecule has 5 nitrogen and oxygen atoms in total. The summed E-state index contributed by atoms with van der Waals surface area (Å²) in [7, 11) is 0. The van der Waals surface area contributed by atoms with Crippen LogP contribution in [0.4, 0.5) is 4.39 Å². The van der Waals surface area contributed by atoms with E-state index < -0.39 is 6.17 Å². The van der Waals surface area contributed by atoms with Gasteiger partial charge in [0.2, 0.25) is 5.91 Å². The van der Waals surface area contributed by atoms with Gasteiger partial charge in [0, 0.05) is 30.7 Å². The molecule has 1 amide bonds. The van der Waals surface area contributed by atoms with Gasteiger partial charge in [-0.25, -0.2) is 4.39 Å². The number of fused-ring (bicyclic) bond motifs is 1. The fourth-order valence-corrected chi connectivity index (χ4v) is 3.66. The zero-order valence-electron chi connectivity index (χ0n) is 14.2. The molecule has 1 atom stereocenters. The molecular weight excluding hydrogens is 392 g/mol. The first-order valence-corrected chi connectivity index (χ1v) is 9.27. The number of halogens is 3. The Morgan fingerprint density at radius 2 is 1.96 bits per heavy atom. The number of aromatic nitrogens is 2. The minimum absolute atomic E-state index is 0.0927. The van der Waals surface area contributed by atoms with E-state index in [9.17, 15) is 14.0 Å². The number of amides is 1. The molecule has 1 unspecified atom stereocenters. The molecule has 1 aromatic carbocycles. The van der Waals surface area contributed by atoms with Gasteiger partial charge in [0.25, 0.3) is 5.56 Å². The molecule has 0 bridgehead atoms. The van der Waals surface area contributed by atoms with Crippen LogP contribution >= 0.6 is 23.2 Å². The summed E-state index contributed by atoms with van der Waals surface area (Å²) >= 11 is 12.1. The van der Waals surface area contributed by atoms with Crippen LogP contribution < -0.4 is 5.56 Å². The lowest BCUT2D eigenvalue weighted by molar-refractivity contribution is -0.131. The minimum atomic E-state index is -0.986. The average Bonchev–Trinajstić information content (AvgIpc) is 3.26. The topological polar surface area (TPSA) is 46.7 Å². The lowest BCUT2D eigenvalue weighted by Gasteiger charge is -2.16. The van der Waals surface area contributed by atoms with Crippen molar-refractivity contribution in [2.75, 3.05) is 13.1 Å². The highest BCUT2D eigenvalue weighted by atomic mass is 35.5. The summed E-state index contributed by atoms with van der Waals surface area (Å²) in [6.45, 7) is 0.361. The quantitative estimate of drug-likeness (QED) is 0.665. The van der Waals surface area contributed by atoms with Crippen LogP contribution in [-0.2, 0) is 11.3 Å². The van der Waals surface area contributed by atoms with Crippen molar-refractivity contribution >= 4 is 34.6 Å². The van der Waals surface area contributed by atoms with Crippen molar-refractivity contribution < 1.29 is 9.18 Å². The first-order chi connectivity index (χ1) is 12.9. The van der Waals surface area contributed by atoms with Gasteiger partial charge in [0.1, 0.15) is 18.2 Å². The van der Waals surface area contributed by atoms with E-state index in [1.807, 2.05) is 6.07 Å². The van der Waals surface area contributed by atoms with Crippen LogP contribution in [0, 0.1) is 0 Å². The molecule has 0 aliphatic carbocycles. The SMILES string of the molecule is O=C(Cn1ccn2ccc(-c3ccc(Cl)c(Cl)c3)c2c1=O)N1CCC(F)C1. The van der Waals surface area contributed by atoms with Crippen LogP contribution in [0.5, 0.6) is 0 Å². The summed E-state index contributed by atoms with van der Waals surface area (Å²) in [5.41, 5.74) is 1.60. The van der Waals surface area contributed by atoms with E-state index in [0.717, 1.165) is 5.56 Å². The fourth-order valence-electron chi connectivity index (χ4n) is 3.36. The maximum atomic E-state index is 13.3. The molecule has 2 aromatic heterocycles. The Labute approximate surface area is 164 Å². The Morgan fingerprint density at radius 1 is 1.15 bits per heavy atom. The number of carbonyl (C=O) groups excluding carboxylic acids is 1. The summed E-state index contributed by atoms with van der Waals surface area (Å²) in [5.74, 6) is -0.260. The number of hydrogen-bond donors (Lipinski definition) is 0. The van der Waals surface area contributed by atoms with Crippen molar-refractivity contribution in [3.8, 4) is 11.1 Å². The number of carbonyl (C=O) groups is 1. The number of nitrogens with zero attached hydrogens (tertiary/aromatic N) is 3. The molecule has 0 saturated carbocycles. The van der Waals surface area contributed by atoms with Crippen molar-refractivity contribution in [2.45, 2.75) is 19.1 Å². The van der Waals surface area contributed by atoms with Crippen LogP contribution in [0.1, 0.15) is 6.42 Å². The van der Waals surface area contributed by atoms with Gasteiger partial charge in [-0.1, -0.05) is 29.3 Å². The molecule has 0 spiro atoms. The molecule has 1 aliphatic rings. The highest BCUT2D eigenvalue weighted by Crippen LogP contribution is 2.30. The Kier molecular flexibility index (Phi) is 4.70. The molecule has 4 rings (SSSR count). The second kappa shape index (κ2) is 7.02. The maximum Gasteiger partial charge on any atom is 0.275 e. The second-order valence-electron chi connectivity index (χ2n) is 6.57. The zero-order valence-corrected chi connectivity index (χ0v) is 15.8. The summed E-state index contributed by atoms with van der Waals surface area (Å²) in [4.78, 5) is 26.8. The maximum absolute atomic E-state index is 13.3. The van der Waals surface area contributed by atoms with Crippen molar-refractivity contribution in [3.63, 3.8) is 0 Å². The highest BCUT2D eigenvalue weighted by molar-refractivity contribution is 6.42. The summed E-state index contributed by atoms with van der Waals surface area (Å²) in [5, 5.41) is 0.832. The number of alkyl halides is 1. The molecule has 0 N–H and O–H groups in total. The minimum Gasteiger partial charge on any atom is -0.338 e. The van der Waals surface area contributed by atoms with Gasteiger partial charge in [-0.05, 0) is 30.2 Å². The third-order valence-corrected chi connectivity index (χ3v) is 5.54. The first kappa shape index (κ1) is 18.1. The summed E-state index contributed by atoms with van der Waals surface area (Å²) in [6, 6.07) is 6.98. The predicted molar refractivity (Wildman–Crippen MR) is 103 cm³/mol. The molecule has 1 fully saturated rings. The van der Waals surface area contributed by atoms with Crippen molar-refractivity contribution in [2.24, 2.45) is 0 Å². The molecule has 3 heterocycles. The Morgan fingerprint density at radius 3 is 2.67 bits per heavy atom.